The van der Waals surface area contributed by atoms with Crippen molar-refractivity contribution in [2.45, 2.75) is 50.3 Å². The first-order chi connectivity index (χ1) is 19.1. The second-order valence-electron chi connectivity index (χ2n) is 9.88. The van der Waals surface area contributed by atoms with Gasteiger partial charge in [-0.2, -0.15) is 13.2 Å². The van der Waals surface area contributed by atoms with Crippen LogP contribution in [-0.4, -0.2) is 48.8 Å². The maximum atomic E-state index is 14.4. The molecule has 41 heavy (non-hydrogen) atoms. The Hall–Kier alpha value is -2.87. The Kier molecular flexibility index (Phi) is 8.93. The zero-order valence-electron chi connectivity index (χ0n) is 22.0. The van der Waals surface area contributed by atoms with Gasteiger partial charge in [-0.05, 0) is 67.2 Å². The van der Waals surface area contributed by atoms with Crippen molar-refractivity contribution in [2.75, 3.05) is 18.8 Å². The van der Waals surface area contributed by atoms with Gasteiger partial charge < -0.3 is 15.6 Å². The average Bonchev–Trinajstić information content (AvgIpc) is 3.42. The van der Waals surface area contributed by atoms with Gasteiger partial charge in [0.1, 0.15) is 0 Å². The van der Waals surface area contributed by atoms with Crippen molar-refractivity contribution in [3.63, 3.8) is 0 Å². The predicted molar refractivity (Wildman–Crippen MR) is 149 cm³/mol. The minimum Gasteiger partial charge on any atom is -0.353 e. The quantitative estimate of drug-likeness (QED) is 0.348. The van der Waals surface area contributed by atoms with Crippen LogP contribution in [0.4, 0.5) is 13.2 Å². The number of hydrogen-bond acceptors (Lipinski definition) is 6. The summed E-state index contributed by atoms with van der Waals surface area (Å²) in [5.74, 6) is -0.854. The second kappa shape index (κ2) is 11.8. The van der Waals surface area contributed by atoms with E-state index >= 15 is 0 Å². The molecule has 4 rings (SSSR count). The van der Waals surface area contributed by atoms with Crippen LogP contribution in [0.5, 0.6) is 0 Å². The number of carbonyl (C=O) groups excluding carboxylic acids is 1. The molecule has 0 radical (unpaired) electrons. The Bertz CT molecular complexity index is 1730. The molecule has 1 aliphatic rings. The monoisotopic (exact) mass is 634 g/mol. The zero-order chi connectivity index (χ0) is 30.3. The van der Waals surface area contributed by atoms with Crippen molar-refractivity contribution >= 4 is 49.8 Å². The number of nitrogens with one attached hydrogen (secondary N) is 3. The predicted octanol–water partition coefficient (Wildman–Crippen LogP) is 3.51. The normalized spacial score (nSPS) is 16.7. The van der Waals surface area contributed by atoms with E-state index in [1.807, 2.05) is 0 Å². The number of fused-ring (bicyclic) bond motifs is 1. The molecular formula is C26H27Cl2F3N4O5S. The second-order valence-corrected chi connectivity index (χ2v) is 12.9. The Morgan fingerprint density at radius 3 is 2.51 bits per heavy atom. The summed E-state index contributed by atoms with van der Waals surface area (Å²) >= 11 is 12.5. The summed E-state index contributed by atoms with van der Waals surface area (Å²) in [7, 11) is -3.79. The summed E-state index contributed by atoms with van der Waals surface area (Å²) in [5, 5.41) is 4.99. The summed E-state index contributed by atoms with van der Waals surface area (Å²) < 4.78 is 68.9. The van der Waals surface area contributed by atoms with E-state index in [4.69, 9.17) is 23.2 Å². The van der Waals surface area contributed by atoms with E-state index in [9.17, 15) is 36.0 Å². The molecule has 1 saturated heterocycles. The molecule has 3 N–H and O–H groups in total. The number of benzene rings is 2. The Balaban J connectivity index is 1.90. The molecule has 1 unspecified atom stereocenters. The van der Waals surface area contributed by atoms with Crippen molar-refractivity contribution in [1.29, 1.82) is 0 Å². The first-order valence-electron chi connectivity index (χ1n) is 12.7. The molecule has 0 aliphatic carbocycles. The van der Waals surface area contributed by atoms with E-state index in [1.54, 1.807) is 0 Å². The molecule has 222 valence electrons. The van der Waals surface area contributed by atoms with Crippen molar-refractivity contribution in [2.24, 2.45) is 5.92 Å². The zero-order valence-corrected chi connectivity index (χ0v) is 24.3. The summed E-state index contributed by atoms with van der Waals surface area (Å²) in [5.41, 5.74) is -3.91. The number of rotatable bonds is 8. The third-order valence-corrected chi connectivity index (χ3v) is 9.65. The topological polar surface area (TPSA) is 130 Å². The lowest BCUT2D eigenvalue weighted by molar-refractivity contribution is -0.138. The van der Waals surface area contributed by atoms with E-state index in [1.165, 1.54) is 32.0 Å². The summed E-state index contributed by atoms with van der Waals surface area (Å²) in [6.45, 7) is 3.23. The van der Waals surface area contributed by atoms with E-state index in [0.717, 1.165) is 0 Å². The Labute approximate surface area is 243 Å². The molecule has 1 aromatic heterocycles. The highest BCUT2D eigenvalue weighted by Crippen LogP contribution is 2.39. The minimum atomic E-state index is -4.93. The molecule has 0 saturated carbocycles. The highest BCUT2D eigenvalue weighted by Gasteiger charge is 2.38. The highest BCUT2D eigenvalue weighted by molar-refractivity contribution is 7.91. The maximum Gasteiger partial charge on any atom is 0.416 e. The number of halogens is 5. The van der Waals surface area contributed by atoms with Gasteiger partial charge in [0.05, 0.1) is 38.7 Å². The smallest absolute Gasteiger partial charge is 0.353 e. The standard InChI is InChI=1S/C26H27Cl2F3N4O5S/c1-3-41(39,40)21-5-4-16(27)8-15(21)12-35-24(37)18-9-19(26(29,30)31)17(22(28)23(18)34-25(35)38)10-20(33-13(2)36)14-6-7-32-11-14/h4-5,8-9,14,20,32H,3,6-7,10-12H2,1-2H3,(H,33,36)(H,34,38)/t14?,20-/m0/s1. The van der Waals surface area contributed by atoms with Crippen LogP contribution in [0.2, 0.25) is 10.0 Å². The SMILES string of the molecule is CCS(=O)(=O)c1ccc(Cl)cc1Cn1c(=O)[nH]c2c(Cl)c(C[C@H](NC(C)=O)C3CCNC3)c(C(F)(F)F)cc2c1=O. The van der Waals surface area contributed by atoms with Crippen molar-refractivity contribution in [3.05, 3.63) is 71.8 Å². The maximum absolute atomic E-state index is 14.4. The number of alkyl halides is 3. The fourth-order valence-corrected chi connectivity index (χ4v) is 6.76. The fraction of sp³-hybridized carbons (Fsp3) is 0.423. The van der Waals surface area contributed by atoms with Gasteiger partial charge in [-0.25, -0.2) is 13.2 Å². The van der Waals surface area contributed by atoms with E-state index in [2.05, 4.69) is 15.6 Å². The number of H-pyrrole nitrogens is 1. The van der Waals surface area contributed by atoms with Gasteiger partial charge >= 0.3 is 11.9 Å². The molecule has 1 aliphatic heterocycles. The lowest BCUT2D eigenvalue weighted by Crippen LogP contribution is -2.42. The van der Waals surface area contributed by atoms with Gasteiger partial charge in [-0.1, -0.05) is 30.1 Å². The van der Waals surface area contributed by atoms with E-state index < -0.39 is 61.7 Å². The molecule has 3 aromatic rings. The molecule has 1 fully saturated rings. The summed E-state index contributed by atoms with van der Waals surface area (Å²) in [6.07, 6.45) is -4.59. The van der Waals surface area contributed by atoms with Crippen LogP contribution in [0.25, 0.3) is 10.9 Å². The minimum absolute atomic E-state index is 0.0217. The van der Waals surface area contributed by atoms with Crippen LogP contribution in [0, 0.1) is 5.92 Å². The van der Waals surface area contributed by atoms with Gasteiger partial charge in [0.25, 0.3) is 5.56 Å². The number of hydrogen-bond donors (Lipinski definition) is 3. The summed E-state index contributed by atoms with van der Waals surface area (Å²) in [6, 6.07) is 3.80. The molecule has 2 heterocycles. The summed E-state index contributed by atoms with van der Waals surface area (Å²) in [4.78, 5) is 40.6. The third kappa shape index (κ3) is 6.47. The number of sulfone groups is 1. The van der Waals surface area contributed by atoms with E-state index in [-0.39, 0.29) is 44.7 Å². The highest BCUT2D eigenvalue weighted by atomic mass is 35.5. The molecule has 0 bridgehead atoms. The van der Waals surface area contributed by atoms with Gasteiger partial charge in [-0.3, -0.25) is 14.2 Å². The molecule has 2 aromatic carbocycles. The van der Waals surface area contributed by atoms with Crippen molar-refractivity contribution < 1.29 is 26.4 Å². The van der Waals surface area contributed by atoms with Gasteiger partial charge in [-0.15, -0.1) is 0 Å². The number of amides is 1. The first kappa shape index (κ1) is 31.1. The Morgan fingerprint density at radius 2 is 1.93 bits per heavy atom. The van der Waals surface area contributed by atoms with Crippen LogP contribution in [0.15, 0.2) is 38.8 Å². The molecule has 9 nitrogen and oxygen atoms in total. The third-order valence-electron chi connectivity index (χ3n) is 7.17. The van der Waals surface area contributed by atoms with Crippen molar-refractivity contribution in [3.8, 4) is 0 Å². The van der Waals surface area contributed by atoms with Crippen LogP contribution in [-0.2, 0) is 33.8 Å². The number of nitrogens with zero attached hydrogens (tertiary/aromatic N) is 1. The lowest BCUT2D eigenvalue weighted by Gasteiger charge is -2.26. The van der Waals surface area contributed by atoms with Gasteiger partial charge in [0.15, 0.2) is 9.84 Å². The molecule has 2 atom stereocenters. The number of aromatic amines is 1. The number of aromatic nitrogens is 2. The molecule has 1 amide bonds. The van der Waals surface area contributed by atoms with Crippen LogP contribution < -0.4 is 21.9 Å². The number of carbonyl (C=O) groups is 1. The fourth-order valence-electron chi connectivity index (χ4n) is 5.13. The lowest BCUT2D eigenvalue weighted by atomic mass is 9.89. The van der Waals surface area contributed by atoms with Crippen LogP contribution >= 0.6 is 23.2 Å². The molecule has 15 heteroatoms. The average molecular weight is 635 g/mol. The van der Waals surface area contributed by atoms with Gasteiger partial charge in [0.2, 0.25) is 5.91 Å². The van der Waals surface area contributed by atoms with Crippen LogP contribution in [0.3, 0.4) is 0 Å². The Morgan fingerprint density at radius 1 is 1.22 bits per heavy atom. The molecule has 0 spiro atoms. The van der Waals surface area contributed by atoms with Crippen LogP contribution in [0.1, 0.15) is 37.0 Å². The molecular weight excluding hydrogens is 608 g/mol. The largest absolute Gasteiger partial charge is 0.416 e. The first-order valence-corrected chi connectivity index (χ1v) is 15.1. The van der Waals surface area contributed by atoms with Crippen molar-refractivity contribution in [1.82, 2.24) is 20.2 Å². The van der Waals surface area contributed by atoms with Gasteiger partial charge in [0, 0.05) is 18.0 Å². The van der Waals surface area contributed by atoms with E-state index in [0.29, 0.717) is 30.1 Å².